The summed E-state index contributed by atoms with van der Waals surface area (Å²) in [6, 6.07) is 9.10. The molecule has 0 aliphatic heterocycles. The molecular formula is C15H21NS. The van der Waals surface area contributed by atoms with Gasteiger partial charge in [0.25, 0.3) is 0 Å². The van der Waals surface area contributed by atoms with Gasteiger partial charge in [0.05, 0.1) is 0 Å². The normalized spacial score (nSPS) is 14.1. The Morgan fingerprint density at radius 1 is 1.29 bits per heavy atom. The average molecular weight is 247 g/mol. The summed E-state index contributed by atoms with van der Waals surface area (Å²) in [7, 11) is 2.06. The van der Waals surface area contributed by atoms with E-state index in [-0.39, 0.29) is 5.41 Å². The molecule has 0 spiro atoms. The largest absolute Gasteiger partial charge is 0.313 e. The molecule has 2 aromatic rings. The molecule has 0 bridgehead atoms. The van der Waals surface area contributed by atoms with Crippen molar-refractivity contribution in [1.82, 2.24) is 5.32 Å². The van der Waals surface area contributed by atoms with Crippen LogP contribution in [0, 0.1) is 5.41 Å². The van der Waals surface area contributed by atoms with Crippen molar-refractivity contribution in [2.45, 2.75) is 33.2 Å². The number of rotatable bonds is 4. The van der Waals surface area contributed by atoms with Crippen molar-refractivity contribution in [2.24, 2.45) is 5.41 Å². The van der Waals surface area contributed by atoms with Crippen LogP contribution in [0.2, 0.25) is 0 Å². The van der Waals surface area contributed by atoms with Gasteiger partial charge in [-0.25, -0.2) is 0 Å². The van der Waals surface area contributed by atoms with Crippen molar-refractivity contribution in [3.63, 3.8) is 0 Å². The third-order valence-electron chi connectivity index (χ3n) is 3.80. The number of nitrogens with one attached hydrogen (secondary N) is 1. The molecule has 2 rings (SSSR count). The SMILES string of the molecule is CCC(C)(C)C(NC)c1csc2ccccc12. The zero-order valence-corrected chi connectivity index (χ0v) is 11.9. The van der Waals surface area contributed by atoms with Gasteiger partial charge in [0.1, 0.15) is 0 Å². The van der Waals surface area contributed by atoms with E-state index < -0.39 is 0 Å². The van der Waals surface area contributed by atoms with E-state index in [1.165, 1.54) is 22.1 Å². The zero-order valence-electron chi connectivity index (χ0n) is 11.1. The molecule has 1 atom stereocenters. The van der Waals surface area contributed by atoms with E-state index in [9.17, 15) is 0 Å². The Hall–Kier alpha value is -0.860. The topological polar surface area (TPSA) is 12.0 Å². The Kier molecular flexibility index (Phi) is 3.55. The van der Waals surface area contributed by atoms with Crippen molar-refractivity contribution in [1.29, 1.82) is 0 Å². The summed E-state index contributed by atoms with van der Waals surface area (Å²) in [4.78, 5) is 0. The van der Waals surface area contributed by atoms with Crippen molar-refractivity contribution < 1.29 is 0 Å². The number of benzene rings is 1. The van der Waals surface area contributed by atoms with Crippen molar-refractivity contribution in [2.75, 3.05) is 7.05 Å². The Bertz CT molecular complexity index is 498. The van der Waals surface area contributed by atoms with E-state index in [2.05, 4.69) is 62.8 Å². The maximum atomic E-state index is 3.49. The Labute approximate surface area is 108 Å². The third-order valence-corrected chi connectivity index (χ3v) is 4.79. The highest BCUT2D eigenvalue weighted by atomic mass is 32.1. The van der Waals surface area contributed by atoms with Crippen LogP contribution in [0.1, 0.15) is 38.8 Å². The monoisotopic (exact) mass is 247 g/mol. The van der Waals surface area contributed by atoms with E-state index in [1.54, 1.807) is 0 Å². The van der Waals surface area contributed by atoms with Gasteiger partial charge in [-0.1, -0.05) is 39.0 Å². The first-order valence-corrected chi connectivity index (χ1v) is 7.11. The second-order valence-corrected chi connectivity index (χ2v) is 6.16. The lowest BCUT2D eigenvalue weighted by molar-refractivity contribution is 0.247. The van der Waals surface area contributed by atoms with E-state index in [0.29, 0.717) is 6.04 Å². The van der Waals surface area contributed by atoms with Gasteiger partial charge in [0.2, 0.25) is 0 Å². The molecule has 1 unspecified atom stereocenters. The quantitative estimate of drug-likeness (QED) is 0.832. The number of hydrogen-bond acceptors (Lipinski definition) is 2. The first-order valence-electron chi connectivity index (χ1n) is 6.23. The summed E-state index contributed by atoms with van der Waals surface area (Å²) in [6.45, 7) is 6.93. The van der Waals surface area contributed by atoms with Gasteiger partial charge in [-0.2, -0.15) is 0 Å². The van der Waals surface area contributed by atoms with Crippen LogP contribution in [0.25, 0.3) is 10.1 Å². The third kappa shape index (κ3) is 2.24. The summed E-state index contributed by atoms with van der Waals surface area (Å²) in [6.07, 6.45) is 1.17. The van der Waals surface area contributed by atoms with Gasteiger partial charge in [-0.3, -0.25) is 0 Å². The number of thiophene rings is 1. The van der Waals surface area contributed by atoms with Gasteiger partial charge in [0.15, 0.2) is 0 Å². The maximum Gasteiger partial charge on any atom is 0.0383 e. The summed E-state index contributed by atoms with van der Waals surface area (Å²) in [5.74, 6) is 0. The fraction of sp³-hybridized carbons (Fsp3) is 0.467. The van der Waals surface area contributed by atoms with Crippen LogP contribution in [0.5, 0.6) is 0 Å². The minimum Gasteiger partial charge on any atom is -0.313 e. The summed E-state index contributed by atoms with van der Waals surface area (Å²) < 4.78 is 1.38. The molecule has 1 heterocycles. The fourth-order valence-corrected chi connectivity index (χ4v) is 3.38. The van der Waals surface area contributed by atoms with Crippen LogP contribution in [-0.2, 0) is 0 Å². The van der Waals surface area contributed by atoms with Crippen molar-refractivity contribution in [3.05, 3.63) is 35.2 Å². The summed E-state index contributed by atoms with van der Waals surface area (Å²) >= 11 is 1.84. The molecule has 1 nitrogen and oxygen atoms in total. The van der Waals surface area contributed by atoms with Crippen LogP contribution in [0.3, 0.4) is 0 Å². The first-order chi connectivity index (χ1) is 8.10. The molecule has 0 amide bonds. The van der Waals surface area contributed by atoms with Gasteiger partial charge < -0.3 is 5.32 Å². The first kappa shape index (κ1) is 12.6. The van der Waals surface area contributed by atoms with Crippen LogP contribution in [0.15, 0.2) is 29.6 Å². The van der Waals surface area contributed by atoms with Gasteiger partial charge >= 0.3 is 0 Å². The van der Waals surface area contributed by atoms with Crippen LogP contribution in [0.4, 0.5) is 0 Å². The number of fused-ring (bicyclic) bond motifs is 1. The van der Waals surface area contributed by atoms with E-state index >= 15 is 0 Å². The molecule has 0 saturated carbocycles. The van der Waals surface area contributed by atoms with Gasteiger partial charge in [0, 0.05) is 10.7 Å². The van der Waals surface area contributed by atoms with E-state index in [1.807, 2.05) is 11.3 Å². The van der Waals surface area contributed by atoms with Crippen molar-refractivity contribution in [3.8, 4) is 0 Å². The molecule has 0 radical (unpaired) electrons. The van der Waals surface area contributed by atoms with Gasteiger partial charge in [-0.15, -0.1) is 11.3 Å². The van der Waals surface area contributed by atoms with Crippen molar-refractivity contribution >= 4 is 21.4 Å². The maximum absolute atomic E-state index is 3.49. The molecule has 1 aromatic heterocycles. The molecular weight excluding hydrogens is 226 g/mol. The van der Waals surface area contributed by atoms with Gasteiger partial charge in [-0.05, 0) is 41.3 Å². The minimum atomic E-state index is 0.276. The Morgan fingerprint density at radius 3 is 2.65 bits per heavy atom. The predicted octanol–water partition coefficient (Wildman–Crippen LogP) is 4.60. The zero-order chi connectivity index (χ0) is 12.5. The highest BCUT2D eigenvalue weighted by Gasteiger charge is 2.29. The second-order valence-electron chi connectivity index (χ2n) is 5.25. The molecule has 17 heavy (non-hydrogen) atoms. The average Bonchev–Trinajstić information content (AvgIpc) is 2.74. The predicted molar refractivity (Wildman–Crippen MR) is 77.7 cm³/mol. The molecule has 0 aliphatic rings. The lowest BCUT2D eigenvalue weighted by Gasteiger charge is -2.33. The Morgan fingerprint density at radius 2 is 2.00 bits per heavy atom. The van der Waals surface area contributed by atoms with E-state index in [0.717, 1.165) is 0 Å². The smallest absolute Gasteiger partial charge is 0.0383 e. The molecule has 92 valence electrons. The molecule has 0 fully saturated rings. The molecule has 0 saturated heterocycles. The molecule has 0 aliphatic carbocycles. The van der Waals surface area contributed by atoms with E-state index in [4.69, 9.17) is 0 Å². The lowest BCUT2D eigenvalue weighted by Crippen LogP contribution is -2.31. The highest BCUT2D eigenvalue weighted by Crippen LogP contribution is 2.40. The molecule has 1 N–H and O–H groups in total. The van der Waals surface area contributed by atoms with Crippen LogP contribution in [-0.4, -0.2) is 7.05 Å². The van der Waals surface area contributed by atoms with Crippen LogP contribution >= 0.6 is 11.3 Å². The Balaban J connectivity index is 2.51. The summed E-state index contributed by atoms with van der Waals surface area (Å²) in [5.41, 5.74) is 1.72. The number of hydrogen-bond donors (Lipinski definition) is 1. The second kappa shape index (κ2) is 4.79. The minimum absolute atomic E-state index is 0.276. The highest BCUT2D eigenvalue weighted by molar-refractivity contribution is 7.17. The summed E-state index contributed by atoms with van der Waals surface area (Å²) in [5, 5.41) is 7.20. The standard InChI is InChI=1S/C15H21NS/c1-5-15(2,3)14(16-4)12-10-17-13-9-7-6-8-11(12)13/h6-10,14,16H,5H2,1-4H3. The molecule has 2 heteroatoms. The van der Waals surface area contributed by atoms with Crippen LogP contribution < -0.4 is 5.32 Å². The molecule has 1 aromatic carbocycles. The fourth-order valence-electron chi connectivity index (χ4n) is 2.39. The lowest BCUT2D eigenvalue weighted by atomic mass is 9.78.